The molecule has 98 valence electrons. The minimum Gasteiger partial charge on any atom is -0.410 e. The Kier molecular flexibility index (Phi) is 4.42. The Hall–Kier alpha value is -2.00. The molecule has 1 aliphatic heterocycles. The molecule has 0 aromatic heterocycles. The van der Waals surface area contributed by atoms with Crippen molar-refractivity contribution in [3.05, 3.63) is 66.4 Å². The summed E-state index contributed by atoms with van der Waals surface area (Å²) in [5.41, 5.74) is 0. The molecule has 0 N–H and O–H groups in total. The third-order valence-electron chi connectivity index (χ3n) is 2.68. The Morgan fingerprint density at radius 1 is 1.42 bits per heavy atom. The number of nitrogens with zero attached hydrogens (tertiary/aromatic N) is 1. The van der Waals surface area contributed by atoms with Crippen molar-refractivity contribution in [2.45, 2.75) is 12.5 Å². The summed E-state index contributed by atoms with van der Waals surface area (Å²) in [7, 11) is 0. The van der Waals surface area contributed by atoms with Gasteiger partial charge in [0.25, 0.3) is 0 Å². The fraction of sp³-hybridized carbons (Fsp3) is 0.133. The first-order valence-corrected chi connectivity index (χ1v) is 6.31. The lowest BCUT2D eigenvalue weighted by Gasteiger charge is -2.29. The van der Waals surface area contributed by atoms with Crippen molar-refractivity contribution in [1.82, 2.24) is 4.90 Å². The average Bonchev–Trinajstić information content (AvgIpc) is 2.40. The van der Waals surface area contributed by atoms with Gasteiger partial charge in [0.2, 0.25) is 0 Å². The average molecular weight is 276 g/mol. The number of halogens is 1. The molecule has 1 aromatic carbocycles. The van der Waals surface area contributed by atoms with E-state index in [4.69, 9.17) is 16.3 Å². The van der Waals surface area contributed by atoms with Gasteiger partial charge in [-0.2, -0.15) is 0 Å². The van der Waals surface area contributed by atoms with Gasteiger partial charge in [-0.1, -0.05) is 48.0 Å². The normalized spacial score (nSPS) is 17.8. The highest BCUT2D eigenvalue weighted by atomic mass is 35.5. The summed E-state index contributed by atoms with van der Waals surface area (Å²) < 4.78 is 5.29. The van der Waals surface area contributed by atoms with Crippen LogP contribution in [0.4, 0.5) is 4.79 Å². The van der Waals surface area contributed by atoms with Gasteiger partial charge in [-0.25, -0.2) is 4.79 Å². The fourth-order valence-electron chi connectivity index (χ4n) is 1.80. The molecule has 1 amide bonds. The molecule has 1 atom stereocenters. The largest absolute Gasteiger partial charge is 0.421 e. The van der Waals surface area contributed by atoms with Gasteiger partial charge in [0.15, 0.2) is 0 Å². The molecular formula is C15H14ClNO2. The SMILES string of the molecule is C=CCC1C=CC=C(Cl)N1C(=O)Oc1ccccc1. The van der Waals surface area contributed by atoms with Gasteiger partial charge in [-0.15, -0.1) is 6.58 Å². The molecule has 0 bridgehead atoms. The van der Waals surface area contributed by atoms with Gasteiger partial charge in [0.1, 0.15) is 10.9 Å². The first kappa shape index (κ1) is 13.4. The molecule has 4 heteroatoms. The summed E-state index contributed by atoms with van der Waals surface area (Å²) in [6.45, 7) is 3.68. The van der Waals surface area contributed by atoms with Crippen LogP contribution in [0.1, 0.15) is 6.42 Å². The summed E-state index contributed by atoms with van der Waals surface area (Å²) in [5.74, 6) is 0.490. The van der Waals surface area contributed by atoms with Crippen molar-refractivity contribution < 1.29 is 9.53 Å². The lowest BCUT2D eigenvalue weighted by molar-refractivity contribution is 0.159. The van der Waals surface area contributed by atoms with Crippen LogP contribution in [0.2, 0.25) is 0 Å². The predicted molar refractivity (Wildman–Crippen MR) is 76.0 cm³/mol. The molecule has 0 saturated heterocycles. The lowest BCUT2D eigenvalue weighted by atomic mass is 10.1. The van der Waals surface area contributed by atoms with Gasteiger partial charge in [-0.05, 0) is 24.6 Å². The van der Waals surface area contributed by atoms with E-state index in [0.29, 0.717) is 17.3 Å². The van der Waals surface area contributed by atoms with E-state index in [1.807, 2.05) is 18.2 Å². The molecule has 0 aliphatic carbocycles. The summed E-state index contributed by atoms with van der Waals surface area (Å²) in [6.07, 6.45) is 7.23. The van der Waals surface area contributed by atoms with E-state index >= 15 is 0 Å². The third kappa shape index (κ3) is 3.26. The van der Waals surface area contributed by atoms with Gasteiger partial charge in [0.05, 0.1) is 6.04 Å². The van der Waals surface area contributed by atoms with Crippen molar-refractivity contribution in [1.29, 1.82) is 0 Å². The molecule has 1 aliphatic rings. The number of rotatable bonds is 3. The van der Waals surface area contributed by atoms with Crippen LogP contribution in [0.15, 0.2) is 66.4 Å². The Balaban J connectivity index is 2.14. The number of benzene rings is 1. The van der Waals surface area contributed by atoms with Crippen LogP contribution < -0.4 is 4.74 Å². The number of amides is 1. The van der Waals surface area contributed by atoms with Gasteiger partial charge in [-0.3, -0.25) is 4.90 Å². The van der Waals surface area contributed by atoms with Crippen molar-refractivity contribution in [3.63, 3.8) is 0 Å². The van der Waals surface area contributed by atoms with Crippen LogP contribution in [0, 0.1) is 0 Å². The van der Waals surface area contributed by atoms with Gasteiger partial charge >= 0.3 is 6.09 Å². The fourth-order valence-corrected chi connectivity index (χ4v) is 2.07. The molecule has 1 aromatic rings. The zero-order valence-corrected chi connectivity index (χ0v) is 11.1. The van der Waals surface area contributed by atoms with Crippen LogP contribution in [-0.2, 0) is 0 Å². The molecular weight excluding hydrogens is 262 g/mol. The van der Waals surface area contributed by atoms with Crippen molar-refractivity contribution in [2.75, 3.05) is 0 Å². The second-order valence-electron chi connectivity index (χ2n) is 4.02. The molecule has 3 nitrogen and oxygen atoms in total. The molecule has 1 heterocycles. The molecule has 0 fully saturated rings. The highest BCUT2D eigenvalue weighted by Crippen LogP contribution is 2.24. The number of allylic oxidation sites excluding steroid dienone is 2. The molecule has 0 spiro atoms. The second-order valence-corrected chi connectivity index (χ2v) is 4.40. The van der Waals surface area contributed by atoms with Crippen molar-refractivity contribution in [3.8, 4) is 5.75 Å². The number of hydrogen-bond acceptors (Lipinski definition) is 2. The lowest BCUT2D eigenvalue weighted by Crippen LogP contribution is -2.40. The van der Waals surface area contributed by atoms with Crippen LogP contribution in [0.3, 0.4) is 0 Å². The maximum atomic E-state index is 12.2. The number of hydrogen-bond donors (Lipinski definition) is 0. The Morgan fingerprint density at radius 3 is 2.84 bits per heavy atom. The van der Waals surface area contributed by atoms with Crippen LogP contribution in [0.5, 0.6) is 5.75 Å². The van der Waals surface area contributed by atoms with Crippen molar-refractivity contribution in [2.24, 2.45) is 0 Å². The van der Waals surface area contributed by atoms with E-state index in [2.05, 4.69) is 6.58 Å². The molecule has 2 rings (SSSR count). The van der Waals surface area contributed by atoms with Crippen LogP contribution in [0.25, 0.3) is 0 Å². The molecule has 0 radical (unpaired) electrons. The second kappa shape index (κ2) is 6.25. The first-order valence-electron chi connectivity index (χ1n) is 5.93. The van der Waals surface area contributed by atoms with E-state index in [9.17, 15) is 4.79 Å². The van der Waals surface area contributed by atoms with E-state index < -0.39 is 6.09 Å². The Labute approximate surface area is 117 Å². The van der Waals surface area contributed by atoms with E-state index in [-0.39, 0.29) is 6.04 Å². The highest BCUT2D eigenvalue weighted by Gasteiger charge is 2.27. The predicted octanol–water partition coefficient (Wildman–Crippen LogP) is 4.08. The molecule has 1 unspecified atom stereocenters. The summed E-state index contributed by atoms with van der Waals surface area (Å²) in [5, 5.41) is 0.343. The maximum absolute atomic E-state index is 12.2. The summed E-state index contributed by atoms with van der Waals surface area (Å²) >= 11 is 6.07. The Bertz CT molecular complexity index is 522. The quantitative estimate of drug-likeness (QED) is 0.614. The van der Waals surface area contributed by atoms with Gasteiger partial charge < -0.3 is 4.74 Å². The number of carbonyl (C=O) groups is 1. The van der Waals surface area contributed by atoms with Crippen LogP contribution >= 0.6 is 11.6 Å². The van der Waals surface area contributed by atoms with Gasteiger partial charge in [0, 0.05) is 0 Å². The Morgan fingerprint density at radius 2 is 2.16 bits per heavy atom. The topological polar surface area (TPSA) is 29.5 Å². The first-order chi connectivity index (χ1) is 9.22. The minimum absolute atomic E-state index is 0.161. The van der Waals surface area contributed by atoms with Crippen molar-refractivity contribution >= 4 is 17.7 Å². The third-order valence-corrected chi connectivity index (χ3v) is 2.99. The van der Waals surface area contributed by atoms with E-state index in [1.165, 1.54) is 4.90 Å². The molecule has 0 saturated carbocycles. The summed E-state index contributed by atoms with van der Waals surface area (Å²) in [4.78, 5) is 13.6. The number of ether oxygens (including phenoxy) is 1. The maximum Gasteiger partial charge on any atom is 0.421 e. The standard InChI is InChI=1S/C15H14ClNO2/c1-2-7-12-8-6-11-14(16)17(12)15(18)19-13-9-4-3-5-10-13/h2-6,8-12H,1,7H2. The minimum atomic E-state index is -0.497. The molecule has 19 heavy (non-hydrogen) atoms. The van der Waals surface area contributed by atoms with E-state index in [1.54, 1.807) is 36.4 Å². The zero-order chi connectivity index (χ0) is 13.7. The monoisotopic (exact) mass is 275 g/mol. The number of carbonyl (C=O) groups excluding carboxylic acids is 1. The van der Waals surface area contributed by atoms with E-state index in [0.717, 1.165) is 0 Å². The zero-order valence-electron chi connectivity index (χ0n) is 10.3. The number of para-hydroxylation sites is 1. The van der Waals surface area contributed by atoms with Crippen LogP contribution in [-0.4, -0.2) is 17.0 Å². The highest BCUT2D eigenvalue weighted by molar-refractivity contribution is 6.30. The smallest absolute Gasteiger partial charge is 0.410 e. The summed E-state index contributed by atoms with van der Waals surface area (Å²) in [6, 6.07) is 8.74.